The highest BCUT2D eigenvalue weighted by molar-refractivity contribution is 5.79. The first-order valence-corrected chi connectivity index (χ1v) is 6.15. The maximum Gasteiger partial charge on any atom is 0.142 e. The zero-order chi connectivity index (χ0) is 11.7. The van der Waals surface area contributed by atoms with Crippen LogP contribution in [0.25, 0.3) is 11.0 Å². The Labute approximate surface area is 99.4 Å². The Kier molecular flexibility index (Phi) is 2.81. The van der Waals surface area contributed by atoms with Crippen LogP contribution in [0.1, 0.15) is 18.4 Å². The van der Waals surface area contributed by atoms with E-state index in [4.69, 9.17) is 0 Å². The molecule has 0 unspecified atom stereocenters. The van der Waals surface area contributed by atoms with Crippen molar-refractivity contribution >= 4 is 11.0 Å². The van der Waals surface area contributed by atoms with Gasteiger partial charge in [-0.25, -0.2) is 9.37 Å². The SMILES string of the molecule is Fc1cnc2[nH]cc(CCNCC3CC3)c2c1. The van der Waals surface area contributed by atoms with Gasteiger partial charge in [0.05, 0.1) is 6.20 Å². The van der Waals surface area contributed by atoms with Crippen LogP contribution in [-0.4, -0.2) is 23.1 Å². The van der Waals surface area contributed by atoms with Crippen LogP contribution in [0.15, 0.2) is 18.5 Å². The standard InChI is InChI=1S/C13H16FN3/c14-11-5-12-10(7-16-13(12)17-8-11)3-4-15-6-9-1-2-9/h5,7-9,15H,1-4,6H2,(H,16,17). The zero-order valence-electron chi connectivity index (χ0n) is 9.67. The van der Waals surface area contributed by atoms with Crippen molar-refractivity contribution in [2.24, 2.45) is 5.92 Å². The van der Waals surface area contributed by atoms with E-state index < -0.39 is 0 Å². The van der Waals surface area contributed by atoms with E-state index in [1.807, 2.05) is 6.20 Å². The summed E-state index contributed by atoms with van der Waals surface area (Å²) in [6.07, 6.45) is 6.83. The molecule has 0 atom stereocenters. The van der Waals surface area contributed by atoms with Gasteiger partial charge in [0.2, 0.25) is 0 Å². The lowest BCUT2D eigenvalue weighted by molar-refractivity contribution is 0.623. The largest absolute Gasteiger partial charge is 0.346 e. The average Bonchev–Trinajstić information content (AvgIpc) is 3.07. The van der Waals surface area contributed by atoms with Crippen LogP contribution in [0, 0.1) is 11.7 Å². The molecule has 1 aliphatic rings. The van der Waals surface area contributed by atoms with E-state index >= 15 is 0 Å². The second-order valence-corrected chi connectivity index (χ2v) is 4.76. The highest BCUT2D eigenvalue weighted by Gasteiger charge is 2.20. The fourth-order valence-corrected chi connectivity index (χ4v) is 2.09. The molecule has 0 saturated heterocycles. The second kappa shape index (κ2) is 4.45. The van der Waals surface area contributed by atoms with Gasteiger partial charge >= 0.3 is 0 Å². The molecule has 0 radical (unpaired) electrons. The summed E-state index contributed by atoms with van der Waals surface area (Å²) in [6.45, 7) is 2.06. The normalized spacial score (nSPS) is 15.6. The number of halogens is 1. The summed E-state index contributed by atoms with van der Waals surface area (Å²) in [5, 5.41) is 4.34. The van der Waals surface area contributed by atoms with Gasteiger partial charge < -0.3 is 10.3 Å². The molecule has 2 N–H and O–H groups in total. The molecule has 0 aliphatic heterocycles. The van der Waals surface area contributed by atoms with E-state index in [-0.39, 0.29) is 5.82 Å². The van der Waals surface area contributed by atoms with Gasteiger partial charge in [-0.1, -0.05) is 0 Å². The van der Waals surface area contributed by atoms with E-state index in [0.29, 0.717) is 0 Å². The summed E-state index contributed by atoms with van der Waals surface area (Å²) in [6, 6.07) is 1.55. The first-order chi connectivity index (χ1) is 8.33. The highest BCUT2D eigenvalue weighted by atomic mass is 19.1. The lowest BCUT2D eigenvalue weighted by Gasteiger charge is -2.02. The lowest BCUT2D eigenvalue weighted by atomic mass is 10.1. The Morgan fingerprint density at radius 3 is 3.18 bits per heavy atom. The van der Waals surface area contributed by atoms with Gasteiger partial charge in [-0.15, -0.1) is 0 Å². The molecule has 0 bridgehead atoms. The molecular formula is C13H16FN3. The van der Waals surface area contributed by atoms with Gasteiger partial charge in [0, 0.05) is 11.6 Å². The molecular weight excluding hydrogens is 217 g/mol. The van der Waals surface area contributed by atoms with Crippen molar-refractivity contribution in [2.75, 3.05) is 13.1 Å². The maximum atomic E-state index is 13.1. The number of fused-ring (bicyclic) bond motifs is 1. The number of nitrogens with zero attached hydrogens (tertiary/aromatic N) is 1. The van der Waals surface area contributed by atoms with Crippen LogP contribution in [0.4, 0.5) is 4.39 Å². The van der Waals surface area contributed by atoms with E-state index in [0.717, 1.165) is 42.0 Å². The van der Waals surface area contributed by atoms with Gasteiger partial charge in [-0.2, -0.15) is 0 Å². The molecule has 2 aromatic rings. The Balaban J connectivity index is 1.64. The molecule has 90 valence electrons. The minimum Gasteiger partial charge on any atom is -0.346 e. The van der Waals surface area contributed by atoms with E-state index in [9.17, 15) is 4.39 Å². The quantitative estimate of drug-likeness (QED) is 0.778. The Hall–Kier alpha value is -1.42. The molecule has 2 aromatic heterocycles. The Morgan fingerprint density at radius 1 is 1.47 bits per heavy atom. The van der Waals surface area contributed by atoms with Crippen molar-refractivity contribution in [3.8, 4) is 0 Å². The van der Waals surface area contributed by atoms with Gasteiger partial charge in [-0.3, -0.25) is 0 Å². The Bertz CT molecular complexity index is 516. The summed E-state index contributed by atoms with van der Waals surface area (Å²) >= 11 is 0. The monoisotopic (exact) mass is 233 g/mol. The van der Waals surface area contributed by atoms with Crippen LogP contribution in [0.3, 0.4) is 0 Å². The van der Waals surface area contributed by atoms with Crippen molar-refractivity contribution in [1.82, 2.24) is 15.3 Å². The maximum absolute atomic E-state index is 13.1. The van der Waals surface area contributed by atoms with Gasteiger partial charge in [0.15, 0.2) is 0 Å². The number of aromatic amines is 1. The van der Waals surface area contributed by atoms with Crippen LogP contribution in [0.2, 0.25) is 0 Å². The topological polar surface area (TPSA) is 40.7 Å². The minimum atomic E-state index is -0.274. The number of aromatic nitrogens is 2. The lowest BCUT2D eigenvalue weighted by Crippen LogP contribution is -2.19. The van der Waals surface area contributed by atoms with Crippen LogP contribution in [0.5, 0.6) is 0 Å². The first kappa shape index (κ1) is 10.7. The number of nitrogens with one attached hydrogen (secondary N) is 2. The molecule has 3 nitrogen and oxygen atoms in total. The number of hydrogen-bond acceptors (Lipinski definition) is 2. The zero-order valence-corrected chi connectivity index (χ0v) is 9.67. The summed E-state index contributed by atoms with van der Waals surface area (Å²) in [5.74, 6) is 0.626. The number of hydrogen-bond donors (Lipinski definition) is 2. The smallest absolute Gasteiger partial charge is 0.142 e. The summed E-state index contributed by atoms with van der Waals surface area (Å²) in [7, 11) is 0. The van der Waals surface area contributed by atoms with Crippen molar-refractivity contribution in [3.05, 3.63) is 29.8 Å². The fourth-order valence-electron chi connectivity index (χ4n) is 2.09. The van der Waals surface area contributed by atoms with Crippen molar-refractivity contribution in [2.45, 2.75) is 19.3 Å². The second-order valence-electron chi connectivity index (χ2n) is 4.76. The van der Waals surface area contributed by atoms with Crippen LogP contribution >= 0.6 is 0 Å². The van der Waals surface area contributed by atoms with Crippen LogP contribution in [-0.2, 0) is 6.42 Å². The van der Waals surface area contributed by atoms with Gasteiger partial charge in [0.1, 0.15) is 11.5 Å². The number of H-pyrrole nitrogens is 1. The summed E-state index contributed by atoms with van der Waals surface area (Å²) < 4.78 is 13.1. The van der Waals surface area contributed by atoms with E-state index in [1.54, 1.807) is 6.07 Å². The molecule has 17 heavy (non-hydrogen) atoms. The summed E-state index contributed by atoms with van der Waals surface area (Å²) in [5.41, 5.74) is 1.90. The predicted octanol–water partition coefficient (Wildman–Crippen LogP) is 2.24. The predicted molar refractivity (Wildman–Crippen MR) is 65.3 cm³/mol. The molecule has 2 heterocycles. The molecule has 4 heteroatoms. The molecule has 0 spiro atoms. The molecule has 1 aliphatic carbocycles. The number of pyridine rings is 1. The van der Waals surface area contributed by atoms with Crippen molar-refractivity contribution in [3.63, 3.8) is 0 Å². The number of rotatable bonds is 5. The molecule has 0 aromatic carbocycles. The third kappa shape index (κ3) is 2.47. The minimum absolute atomic E-state index is 0.274. The van der Waals surface area contributed by atoms with Gasteiger partial charge in [-0.05, 0) is 49.9 Å². The third-order valence-electron chi connectivity index (χ3n) is 3.28. The highest BCUT2D eigenvalue weighted by Crippen LogP contribution is 2.27. The third-order valence-corrected chi connectivity index (χ3v) is 3.28. The molecule has 3 rings (SSSR count). The van der Waals surface area contributed by atoms with E-state index in [1.165, 1.54) is 19.0 Å². The van der Waals surface area contributed by atoms with Gasteiger partial charge in [0.25, 0.3) is 0 Å². The van der Waals surface area contributed by atoms with E-state index in [2.05, 4.69) is 15.3 Å². The van der Waals surface area contributed by atoms with Crippen molar-refractivity contribution in [1.29, 1.82) is 0 Å². The molecule has 1 saturated carbocycles. The summed E-state index contributed by atoms with van der Waals surface area (Å²) in [4.78, 5) is 7.09. The van der Waals surface area contributed by atoms with Crippen LogP contribution < -0.4 is 5.32 Å². The molecule has 1 fully saturated rings. The molecule has 0 amide bonds. The Morgan fingerprint density at radius 2 is 2.35 bits per heavy atom. The fraction of sp³-hybridized carbons (Fsp3) is 0.462. The van der Waals surface area contributed by atoms with Crippen molar-refractivity contribution < 1.29 is 4.39 Å². The first-order valence-electron chi connectivity index (χ1n) is 6.15. The average molecular weight is 233 g/mol.